The highest BCUT2D eigenvalue weighted by Crippen LogP contribution is 2.19. The van der Waals surface area contributed by atoms with E-state index in [1.807, 2.05) is 43.0 Å². The number of rotatable bonds is 7. The van der Waals surface area contributed by atoms with Crippen molar-refractivity contribution >= 4 is 11.8 Å². The number of hydrogen-bond donors (Lipinski definition) is 1. The maximum Gasteiger partial charge on any atom is 0.237 e. The molecule has 2 amide bonds. The maximum absolute atomic E-state index is 12.5. The molecule has 142 valence electrons. The van der Waals surface area contributed by atoms with E-state index >= 15 is 0 Å². The summed E-state index contributed by atoms with van der Waals surface area (Å²) in [7, 11) is 0. The van der Waals surface area contributed by atoms with Crippen molar-refractivity contribution in [3.8, 4) is 5.75 Å². The van der Waals surface area contributed by atoms with Crippen molar-refractivity contribution in [3.63, 3.8) is 0 Å². The number of carbonyl (C=O) groups excluding carboxylic acids is 2. The van der Waals surface area contributed by atoms with Crippen LogP contribution in [0.5, 0.6) is 5.75 Å². The van der Waals surface area contributed by atoms with Gasteiger partial charge in [0.2, 0.25) is 11.8 Å². The molecule has 1 aromatic rings. The van der Waals surface area contributed by atoms with Crippen LogP contribution in [0.1, 0.15) is 32.3 Å². The zero-order chi connectivity index (χ0) is 18.5. The van der Waals surface area contributed by atoms with Gasteiger partial charge in [-0.2, -0.15) is 0 Å². The molecule has 0 bridgehead atoms. The van der Waals surface area contributed by atoms with E-state index in [1.54, 1.807) is 0 Å². The standard InChI is InChI=1S/C20H29N3O3/c1-3-26-18-8-4-16(5-9-18)14-19(24)23-12-10-22(11-13-23)15(2)20(25)21-17-6-7-17/h4-5,8-9,15,17H,3,6-7,10-14H2,1-2H3,(H,21,25). The molecule has 1 atom stereocenters. The topological polar surface area (TPSA) is 61.9 Å². The first-order valence-electron chi connectivity index (χ1n) is 9.60. The minimum absolute atomic E-state index is 0.113. The van der Waals surface area contributed by atoms with Crippen molar-refractivity contribution < 1.29 is 14.3 Å². The van der Waals surface area contributed by atoms with Gasteiger partial charge >= 0.3 is 0 Å². The molecule has 2 aliphatic rings. The predicted molar refractivity (Wildman–Crippen MR) is 100 cm³/mol. The molecular formula is C20H29N3O3. The van der Waals surface area contributed by atoms with E-state index in [0.717, 1.165) is 37.2 Å². The van der Waals surface area contributed by atoms with Crippen LogP contribution in [0.2, 0.25) is 0 Å². The van der Waals surface area contributed by atoms with Crippen molar-refractivity contribution in [1.82, 2.24) is 15.1 Å². The smallest absolute Gasteiger partial charge is 0.237 e. The molecule has 1 saturated heterocycles. The van der Waals surface area contributed by atoms with Gasteiger partial charge in [-0.15, -0.1) is 0 Å². The van der Waals surface area contributed by atoms with Gasteiger partial charge in [0.25, 0.3) is 0 Å². The predicted octanol–water partition coefficient (Wildman–Crippen LogP) is 1.44. The summed E-state index contributed by atoms with van der Waals surface area (Å²) in [5, 5.41) is 3.06. The Kier molecular flexibility index (Phi) is 6.14. The molecule has 1 unspecified atom stereocenters. The van der Waals surface area contributed by atoms with Gasteiger partial charge in [-0.3, -0.25) is 14.5 Å². The molecule has 1 aliphatic carbocycles. The quantitative estimate of drug-likeness (QED) is 0.800. The van der Waals surface area contributed by atoms with Crippen LogP contribution in [-0.4, -0.2) is 66.5 Å². The monoisotopic (exact) mass is 359 g/mol. The summed E-state index contributed by atoms with van der Waals surface area (Å²) in [5.41, 5.74) is 0.998. The minimum atomic E-state index is -0.126. The number of nitrogens with zero attached hydrogens (tertiary/aromatic N) is 2. The minimum Gasteiger partial charge on any atom is -0.494 e. The average molecular weight is 359 g/mol. The molecule has 1 aliphatic heterocycles. The largest absolute Gasteiger partial charge is 0.494 e. The van der Waals surface area contributed by atoms with Crippen LogP contribution in [0.4, 0.5) is 0 Å². The van der Waals surface area contributed by atoms with Gasteiger partial charge in [-0.1, -0.05) is 12.1 Å². The first-order valence-corrected chi connectivity index (χ1v) is 9.60. The molecule has 1 heterocycles. The highest BCUT2D eigenvalue weighted by molar-refractivity contribution is 5.82. The van der Waals surface area contributed by atoms with Crippen LogP contribution in [-0.2, 0) is 16.0 Å². The lowest BCUT2D eigenvalue weighted by molar-refractivity contribution is -0.133. The third-order valence-corrected chi connectivity index (χ3v) is 5.11. The third kappa shape index (κ3) is 4.97. The molecule has 1 N–H and O–H groups in total. The number of piperazine rings is 1. The summed E-state index contributed by atoms with van der Waals surface area (Å²) in [5.74, 6) is 1.08. The van der Waals surface area contributed by atoms with Gasteiger partial charge < -0.3 is 15.0 Å². The van der Waals surface area contributed by atoms with E-state index in [-0.39, 0.29) is 17.9 Å². The summed E-state index contributed by atoms with van der Waals surface area (Å²) < 4.78 is 5.43. The molecule has 0 spiro atoms. The fourth-order valence-corrected chi connectivity index (χ4v) is 3.23. The van der Waals surface area contributed by atoms with Crippen LogP contribution in [0.3, 0.4) is 0 Å². The number of carbonyl (C=O) groups is 2. The van der Waals surface area contributed by atoms with Crippen LogP contribution in [0.25, 0.3) is 0 Å². The van der Waals surface area contributed by atoms with Crippen LogP contribution in [0, 0.1) is 0 Å². The van der Waals surface area contributed by atoms with Crippen LogP contribution in [0.15, 0.2) is 24.3 Å². The van der Waals surface area contributed by atoms with E-state index < -0.39 is 0 Å². The number of ether oxygens (including phenoxy) is 1. The number of hydrogen-bond acceptors (Lipinski definition) is 4. The van der Waals surface area contributed by atoms with Gasteiger partial charge in [-0.25, -0.2) is 0 Å². The third-order valence-electron chi connectivity index (χ3n) is 5.11. The van der Waals surface area contributed by atoms with Gasteiger partial charge in [0, 0.05) is 32.2 Å². The van der Waals surface area contributed by atoms with Gasteiger partial charge in [-0.05, 0) is 44.4 Å². The molecule has 26 heavy (non-hydrogen) atoms. The maximum atomic E-state index is 12.5. The van der Waals surface area contributed by atoms with E-state index in [4.69, 9.17) is 4.74 Å². The molecule has 1 saturated carbocycles. The summed E-state index contributed by atoms with van der Waals surface area (Å²) >= 11 is 0. The van der Waals surface area contributed by atoms with Crippen molar-refractivity contribution in [2.24, 2.45) is 0 Å². The summed E-state index contributed by atoms with van der Waals surface area (Å²) in [6, 6.07) is 7.97. The van der Waals surface area contributed by atoms with Gasteiger partial charge in [0.1, 0.15) is 5.75 Å². The first-order chi connectivity index (χ1) is 12.6. The highest BCUT2D eigenvalue weighted by Gasteiger charge is 2.30. The molecular weight excluding hydrogens is 330 g/mol. The van der Waals surface area contributed by atoms with Crippen molar-refractivity contribution in [2.45, 2.75) is 45.2 Å². The number of nitrogens with one attached hydrogen (secondary N) is 1. The first kappa shape index (κ1) is 18.7. The molecule has 0 aromatic heterocycles. The van der Waals surface area contributed by atoms with E-state index in [2.05, 4.69) is 10.2 Å². The molecule has 6 heteroatoms. The van der Waals surface area contributed by atoms with Gasteiger partial charge in [0.05, 0.1) is 19.1 Å². The molecule has 3 rings (SSSR count). The Morgan fingerprint density at radius 3 is 2.38 bits per heavy atom. The SMILES string of the molecule is CCOc1ccc(CC(=O)N2CCN(C(C)C(=O)NC3CC3)CC2)cc1. The summed E-state index contributed by atoms with van der Waals surface area (Å²) in [4.78, 5) is 28.8. The lowest BCUT2D eigenvalue weighted by Gasteiger charge is -2.37. The van der Waals surface area contributed by atoms with E-state index in [0.29, 0.717) is 32.2 Å². The Bertz CT molecular complexity index is 620. The zero-order valence-corrected chi connectivity index (χ0v) is 15.7. The zero-order valence-electron chi connectivity index (χ0n) is 15.7. The second-order valence-electron chi connectivity index (χ2n) is 7.13. The molecule has 6 nitrogen and oxygen atoms in total. The normalized spacial score (nSPS) is 19.1. The second kappa shape index (κ2) is 8.54. The molecule has 0 radical (unpaired) electrons. The Labute approximate surface area is 155 Å². The van der Waals surface area contributed by atoms with Crippen LogP contribution >= 0.6 is 0 Å². The fraction of sp³-hybridized carbons (Fsp3) is 0.600. The summed E-state index contributed by atoms with van der Waals surface area (Å²) in [6.07, 6.45) is 2.61. The number of amides is 2. The Hall–Kier alpha value is -2.08. The molecule has 1 aromatic carbocycles. The second-order valence-corrected chi connectivity index (χ2v) is 7.13. The van der Waals surface area contributed by atoms with Gasteiger partial charge in [0.15, 0.2) is 0 Å². The van der Waals surface area contributed by atoms with Crippen molar-refractivity contribution in [1.29, 1.82) is 0 Å². The Balaban J connectivity index is 1.44. The Morgan fingerprint density at radius 2 is 1.81 bits per heavy atom. The van der Waals surface area contributed by atoms with E-state index in [1.165, 1.54) is 0 Å². The fourth-order valence-electron chi connectivity index (χ4n) is 3.23. The average Bonchev–Trinajstić information content (AvgIpc) is 3.47. The van der Waals surface area contributed by atoms with Crippen molar-refractivity contribution in [3.05, 3.63) is 29.8 Å². The summed E-state index contributed by atoms with van der Waals surface area (Å²) in [6.45, 7) is 7.39. The molecule has 2 fully saturated rings. The lowest BCUT2D eigenvalue weighted by Crippen LogP contribution is -2.55. The van der Waals surface area contributed by atoms with Crippen molar-refractivity contribution in [2.75, 3.05) is 32.8 Å². The Morgan fingerprint density at radius 1 is 1.15 bits per heavy atom. The van der Waals surface area contributed by atoms with Crippen LogP contribution < -0.4 is 10.1 Å². The van der Waals surface area contributed by atoms with E-state index in [9.17, 15) is 9.59 Å². The number of benzene rings is 1. The highest BCUT2D eigenvalue weighted by atomic mass is 16.5. The lowest BCUT2D eigenvalue weighted by atomic mass is 10.1.